The first kappa shape index (κ1) is 13.3. The van der Waals surface area contributed by atoms with Crippen molar-refractivity contribution in [3.8, 4) is 0 Å². The minimum atomic E-state index is -5.45. The Bertz CT molecular complexity index is 522. The molecular formula is C8H7F3N2O3S. The van der Waals surface area contributed by atoms with E-state index in [-0.39, 0.29) is 11.3 Å². The van der Waals surface area contributed by atoms with Gasteiger partial charge >= 0.3 is 15.5 Å². The van der Waals surface area contributed by atoms with Crippen LogP contribution in [0.5, 0.6) is 0 Å². The number of carbonyl (C=O) groups is 1. The van der Waals surface area contributed by atoms with Crippen LogP contribution >= 0.6 is 0 Å². The summed E-state index contributed by atoms with van der Waals surface area (Å²) in [5.41, 5.74) is -0.748. The Morgan fingerprint density at radius 2 is 1.65 bits per heavy atom. The molecule has 94 valence electrons. The summed E-state index contributed by atoms with van der Waals surface area (Å²) in [6.07, 6.45) is 0. The number of alkyl halides is 3. The van der Waals surface area contributed by atoms with E-state index in [1.165, 1.54) is 4.72 Å². The molecule has 0 atom stereocenters. The fourth-order valence-electron chi connectivity index (χ4n) is 0.916. The molecular weight excluding hydrogens is 261 g/mol. The molecule has 0 fully saturated rings. The van der Waals surface area contributed by atoms with Gasteiger partial charge in [0.15, 0.2) is 0 Å². The molecule has 5 nitrogen and oxygen atoms in total. The summed E-state index contributed by atoms with van der Waals surface area (Å²) in [5.74, 6) is -0.768. The van der Waals surface area contributed by atoms with Crippen molar-refractivity contribution in [2.75, 3.05) is 4.72 Å². The third-order valence-electron chi connectivity index (χ3n) is 1.73. The van der Waals surface area contributed by atoms with E-state index in [1.807, 2.05) is 0 Å². The summed E-state index contributed by atoms with van der Waals surface area (Å²) in [7, 11) is -5.45. The van der Waals surface area contributed by atoms with Gasteiger partial charge in [0, 0.05) is 11.3 Å². The number of benzene rings is 1. The molecule has 0 radical (unpaired) electrons. The second-order valence-electron chi connectivity index (χ2n) is 2.99. The van der Waals surface area contributed by atoms with Gasteiger partial charge in [-0.15, -0.1) is 0 Å². The molecule has 1 aromatic carbocycles. The minimum Gasteiger partial charge on any atom is -0.366 e. The van der Waals surface area contributed by atoms with Gasteiger partial charge in [0.2, 0.25) is 5.91 Å². The van der Waals surface area contributed by atoms with Crippen molar-refractivity contribution in [1.29, 1.82) is 0 Å². The zero-order chi connectivity index (χ0) is 13.3. The lowest BCUT2D eigenvalue weighted by Crippen LogP contribution is -2.29. The smallest absolute Gasteiger partial charge is 0.366 e. The van der Waals surface area contributed by atoms with Crippen LogP contribution in [0.1, 0.15) is 10.4 Å². The van der Waals surface area contributed by atoms with E-state index >= 15 is 0 Å². The molecule has 1 rings (SSSR count). The van der Waals surface area contributed by atoms with Gasteiger partial charge in [0.25, 0.3) is 0 Å². The highest BCUT2D eigenvalue weighted by Crippen LogP contribution is 2.25. The Balaban J connectivity index is 2.95. The van der Waals surface area contributed by atoms with Crippen LogP contribution in [0, 0.1) is 0 Å². The topological polar surface area (TPSA) is 89.3 Å². The third kappa shape index (κ3) is 3.09. The largest absolute Gasteiger partial charge is 0.516 e. The summed E-state index contributed by atoms with van der Waals surface area (Å²) in [4.78, 5) is 10.7. The number of nitrogens with two attached hydrogens (primary N) is 1. The minimum absolute atomic E-state index is 0.0555. The Morgan fingerprint density at radius 3 is 2.00 bits per heavy atom. The molecule has 0 saturated heterocycles. The summed E-state index contributed by atoms with van der Waals surface area (Å²) in [6.45, 7) is 0. The molecule has 0 bridgehead atoms. The van der Waals surface area contributed by atoms with Gasteiger partial charge in [-0.25, -0.2) is 0 Å². The van der Waals surface area contributed by atoms with Crippen molar-refractivity contribution in [2.24, 2.45) is 5.73 Å². The Kier molecular flexibility index (Phi) is 3.32. The van der Waals surface area contributed by atoms with Crippen LogP contribution < -0.4 is 10.5 Å². The first-order valence-electron chi connectivity index (χ1n) is 4.12. The number of carbonyl (C=O) groups excluding carboxylic acids is 1. The van der Waals surface area contributed by atoms with Crippen molar-refractivity contribution in [2.45, 2.75) is 5.51 Å². The molecule has 1 aromatic rings. The van der Waals surface area contributed by atoms with Crippen molar-refractivity contribution >= 4 is 21.6 Å². The lowest BCUT2D eigenvalue weighted by Gasteiger charge is -2.10. The highest BCUT2D eigenvalue weighted by Gasteiger charge is 2.45. The number of amides is 1. The third-order valence-corrected chi connectivity index (χ3v) is 2.84. The molecule has 0 unspecified atom stereocenters. The van der Waals surface area contributed by atoms with Gasteiger partial charge in [-0.2, -0.15) is 21.6 Å². The first-order valence-corrected chi connectivity index (χ1v) is 5.61. The molecule has 1 amide bonds. The van der Waals surface area contributed by atoms with Crippen LogP contribution in [-0.4, -0.2) is 19.8 Å². The Morgan fingerprint density at radius 1 is 1.18 bits per heavy atom. The quantitative estimate of drug-likeness (QED) is 0.858. The maximum atomic E-state index is 12.0. The highest BCUT2D eigenvalue weighted by atomic mass is 32.2. The predicted molar refractivity (Wildman–Crippen MR) is 53.6 cm³/mol. The number of rotatable bonds is 3. The number of hydrogen-bond donors (Lipinski definition) is 2. The molecule has 0 heterocycles. The first-order chi connectivity index (χ1) is 7.63. The number of sulfonamides is 1. The van der Waals surface area contributed by atoms with Crippen molar-refractivity contribution in [1.82, 2.24) is 0 Å². The van der Waals surface area contributed by atoms with Gasteiger partial charge in [-0.05, 0) is 24.3 Å². The van der Waals surface area contributed by atoms with E-state index < -0.39 is 21.4 Å². The second kappa shape index (κ2) is 4.24. The van der Waals surface area contributed by atoms with Gasteiger partial charge < -0.3 is 5.73 Å². The monoisotopic (exact) mass is 268 g/mol. The van der Waals surface area contributed by atoms with E-state index in [0.717, 1.165) is 24.3 Å². The molecule has 0 aliphatic heterocycles. The average molecular weight is 268 g/mol. The normalized spacial score (nSPS) is 12.2. The lowest BCUT2D eigenvalue weighted by atomic mass is 10.2. The van der Waals surface area contributed by atoms with E-state index in [1.54, 1.807) is 0 Å². The maximum Gasteiger partial charge on any atom is 0.516 e. The zero-order valence-corrected chi connectivity index (χ0v) is 8.97. The number of nitrogens with one attached hydrogen (secondary N) is 1. The van der Waals surface area contributed by atoms with Crippen LogP contribution in [0.4, 0.5) is 18.9 Å². The van der Waals surface area contributed by atoms with Crippen molar-refractivity contribution < 1.29 is 26.4 Å². The number of hydrogen-bond acceptors (Lipinski definition) is 3. The summed E-state index contributed by atoms with van der Waals surface area (Å²) >= 11 is 0. The van der Waals surface area contributed by atoms with Crippen molar-refractivity contribution in [3.05, 3.63) is 29.8 Å². The van der Waals surface area contributed by atoms with Crippen LogP contribution in [0.15, 0.2) is 24.3 Å². The van der Waals surface area contributed by atoms with Gasteiger partial charge in [0.05, 0.1) is 0 Å². The zero-order valence-electron chi connectivity index (χ0n) is 8.15. The molecule has 0 aliphatic carbocycles. The van der Waals surface area contributed by atoms with E-state index in [4.69, 9.17) is 5.73 Å². The summed E-state index contributed by atoms with van der Waals surface area (Å²) < 4.78 is 58.8. The second-order valence-corrected chi connectivity index (χ2v) is 4.67. The Labute approximate surface area is 94.5 Å². The number of primary amides is 1. The Hall–Kier alpha value is -1.77. The van der Waals surface area contributed by atoms with E-state index in [0.29, 0.717) is 0 Å². The maximum absolute atomic E-state index is 12.0. The van der Waals surface area contributed by atoms with E-state index in [2.05, 4.69) is 0 Å². The molecule has 3 N–H and O–H groups in total. The highest BCUT2D eigenvalue weighted by molar-refractivity contribution is 7.93. The molecule has 0 aliphatic rings. The van der Waals surface area contributed by atoms with Gasteiger partial charge in [-0.3, -0.25) is 9.52 Å². The van der Waals surface area contributed by atoms with Gasteiger partial charge in [0.1, 0.15) is 0 Å². The molecule has 0 aromatic heterocycles. The standard InChI is InChI=1S/C8H7F3N2O3S/c9-8(10,11)17(15,16)13-6-3-1-5(2-4-6)7(12)14/h1-4,13H,(H2,12,14). The molecule has 9 heteroatoms. The fourth-order valence-corrected chi connectivity index (χ4v) is 1.48. The average Bonchev–Trinajstić information content (AvgIpc) is 2.16. The number of halogens is 3. The van der Waals surface area contributed by atoms with Crippen molar-refractivity contribution in [3.63, 3.8) is 0 Å². The lowest BCUT2D eigenvalue weighted by molar-refractivity contribution is -0.0429. The predicted octanol–water partition coefficient (Wildman–Crippen LogP) is 1.05. The van der Waals surface area contributed by atoms with Crippen LogP contribution in [-0.2, 0) is 10.0 Å². The van der Waals surface area contributed by atoms with Gasteiger partial charge in [-0.1, -0.05) is 0 Å². The number of anilines is 1. The molecule has 0 spiro atoms. The SMILES string of the molecule is NC(=O)c1ccc(NS(=O)(=O)C(F)(F)F)cc1. The van der Waals surface area contributed by atoms with Crippen LogP contribution in [0.3, 0.4) is 0 Å². The molecule has 0 saturated carbocycles. The summed E-state index contributed by atoms with van der Waals surface area (Å²) in [5, 5.41) is 0. The van der Waals surface area contributed by atoms with E-state index in [9.17, 15) is 26.4 Å². The van der Waals surface area contributed by atoms with Crippen LogP contribution in [0.25, 0.3) is 0 Å². The summed E-state index contributed by atoms with van der Waals surface area (Å²) in [6, 6.07) is 4.22. The van der Waals surface area contributed by atoms with Crippen LogP contribution in [0.2, 0.25) is 0 Å². The molecule has 17 heavy (non-hydrogen) atoms. The fraction of sp³-hybridized carbons (Fsp3) is 0.125.